The monoisotopic (exact) mass is 365 g/mol. The van der Waals surface area contributed by atoms with Crippen LogP contribution in [-0.2, 0) is 4.74 Å². The van der Waals surface area contributed by atoms with Crippen LogP contribution in [0.3, 0.4) is 0 Å². The molecule has 3 heterocycles. The van der Waals surface area contributed by atoms with Gasteiger partial charge >= 0.3 is 5.97 Å². The summed E-state index contributed by atoms with van der Waals surface area (Å²) >= 11 is 0. The zero-order valence-electron chi connectivity index (χ0n) is 15.9. The molecule has 0 N–H and O–H groups in total. The lowest BCUT2D eigenvalue weighted by Crippen LogP contribution is -2.22. The van der Waals surface area contributed by atoms with Gasteiger partial charge in [-0.25, -0.2) is 9.78 Å². The number of nitrogens with zero attached hydrogens (tertiary/aromatic N) is 3. The molecule has 6 heteroatoms. The number of aryl methyl sites for hydroxylation is 2. The fraction of sp³-hybridized carbons (Fsp3) is 0.381. The fourth-order valence-corrected chi connectivity index (χ4v) is 3.83. The summed E-state index contributed by atoms with van der Waals surface area (Å²) in [5, 5.41) is 0.658. The largest absolute Gasteiger partial charge is 0.462 e. The third-order valence-electron chi connectivity index (χ3n) is 5.06. The summed E-state index contributed by atoms with van der Waals surface area (Å²) < 4.78 is 11.0. The molecule has 2 aromatic heterocycles. The molecule has 0 aliphatic carbocycles. The van der Waals surface area contributed by atoms with Gasteiger partial charge in [0.15, 0.2) is 0 Å². The Kier molecular flexibility index (Phi) is 4.56. The maximum atomic E-state index is 12.5. The number of carbonyl (C=O) groups excluding carboxylic acids is 1. The smallest absolute Gasteiger partial charge is 0.342 e. The first-order chi connectivity index (χ1) is 13.1. The number of hydrogen-bond acceptors (Lipinski definition) is 6. The molecule has 140 valence electrons. The zero-order chi connectivity index (χ0) is 19.0. The average Bonchev–Trinajstić information content (AvgIpc) is 3.26. The van der Waals surface area contributed by atoms with E-state index in [9.17, 15) is 4.79 Å². The quantitative estimate of drug-likeness (QED) is 0.651. The van der Waals surface area contributed by atoms with E-state index in [1.165, 1.54) is 5.56 Å². The highest BCUT2D eigenvalue weighted by molar-refractivity contribution is 6.08. The number of rotatable bonds is 4. The minimum atomic E-state index is -0.388. The first-order valence-electron chi connectivity index (χ1n) is 9.33. The highest BCUT2D eigenvalue weighted by Crippen LogP contribution is 2.36. The number of anilines is 1. The average molecular weight is 365 g/mol. The molecule has 27 heavy (non-hydrogen) atoms. The first-order valence-corrected chi connectivity index (χ1v) is 9.33. The number of fused-ring (bicyclic) bond motifs is 1. The van der Waals surface area contributed by atoms with Crippen LogP contribution in [0.2, 0.25) is 0 Å². The van der Waals surface area contributed by atoms with Gasteiger partial charge in [-0.3, -0.25) is 0 Å². The van der Waals surface area contributed by atoms with Crippen LogP contribution in [0.4, 0.5) is 5.82 Å². The van der Waals surface area contributed by atoms with E-state index >= 15 is 0 Å². The van der Waals surface area contributed by atoms with Crippen LogP contribution in [-0.4, -0.2) is 35.6 Å². The van der Waals surface area contributed by atoms with Crippen LogP contribution < -0.4 is 4.90 Å². The summed E-state index contributed by atoms with van der Waals surface area (Å²) in [6.45, 7) is 7.44. The normalized spacial score (nSPS) is 16.9. The van der Waals surface area contributed by atoms with Gasteiger partial charge in [0.25, 0.3) is 0 Å². The first kappa shape index (κ1) is 17.5. The number of ether oxygens (including phenoxy) is 1. The second-order valence-electron chi connectivity index (χ2n) is 6.87. The lowest BCUT2D eigenvalue weighted by molar-refractivity contribution is 0.0526. The van der Waals surface area contributed by atoms with Gasteiger partial charge < -0.3 is 14.1 Å². The number of esters is 1. The van der Waals surface area contributed by atoms with Crippen molar-refractivity contribution in [3.05, 3.63) is 53.0 Å². The van der Waals surface area contributed by atoms with Crippen LogP contribution in [0.1, 0.15) is 46.8 Å². The van der Waals surface area contributed by atoms with Crippen molar-refractivity contribution in [3.8, 4) is 0 Å². The molecule has 6 nitrogen and oxygen atoms in total. The van der Waals surface area contributed by atoms with Gasteiger partial charge in [-0.05, 0) is 32.8 Å². The Bertz CT molecular complexity index is 981. The molecule has 1 aromatic carbocycles. The van der Waals surface area contributed by atoms with Crippen molar-refractivity contribution in [2.24, 2.45) is 0 Å². The number of benzene rings is 1. The Morgan fingerprint density at radius 1 is 1.26 bits per heavy atom. The standard InChI is InChI=1S/C21H23N3O3/c1-4-26-21(25)17-13(2)27-20-18(17)19(22-14(3)23-20)24-11-10-16(12-24)15-8-6-5-7-9-15/h5-9,16H,4,10-12H2,1-3H3. The molecule has 1 fully saturated rings. The third-order valence-corrected chi connectivity index (χ3v) is 5.06. The van der Waals surface area contributed by atoms with Crippen molar-refractivity contribution < 1.29 is 13.9 Å². The minimum absolute atomic E-state index is 0.312. The predicted molar refractivity (Wildman–Crippen MR) is 103 cm³/mol. The van der Waals surface area contributed by atoms with Crippen molar-refractivity contribution in [2.75, 3.05) is 24.6 Å². The van der Waals surface area contributed by atoms with Crippen molar-refractivity contribution in [1.82, 2.24) is 9.97 Å². The maximum absolute atomic E-state index is 12.5. The van der Waals surface area contributed by atoms with Crippen LogP contribution in [0.15, 0.2) is 34.7 Å². The summed E-state index contributed by atoms with van der Waals surface area (Å²) in [6, 6.07) is 10.5. The molecule has 0 saturated carbocycles. The van der Waals surface area contributed by atoms with E-state index in [1.807, 2.05) is 13.0 Å². The fourth-order valence-electron chi connectivity index (χ4n) is 3.83. The molecule has 4 rings (SSSR count). The van der Waals surface area contributed by atoms with E-state index in [0.717, 1.165) is 25.3 Å². The molecular weight excluding hydrogens is 342 g/mol. The van der Waals surface area contributed by atoms with Gasteiger partial charge in [-0.2, -0.15) is 4.98 Å². The summed E-state index contributed by atoms with van der Waals surface area (Å²) in [5.74, 6) is 1.96. The van der Waals surface area contributed by atoms with Gasteiger partial charge in [0.2, 0.25) is 5.71 Å². The molecule has 0 radical (unpaired) electrons. The van der Waals surface area contributed by atoms with Crippen LogP contribution in [0.25, 0.3) is 11.1 Å². The predicted octanol–water partition coefficient (Wildman–Crippen LogP) is 4.01. The Morgan fingerprint density at radius 3 is 2.78 bits per heavy atom. The van der Waals surface area contributed by atoms with E-state index in [1.54, 1.807) is 13.8 Å². The van der Waals surface area contributed by atoms with E-state index in [0.29, 0.717) is 40.8 Å². The minimum Gasteiger partial charge on any atom is -0.462 e. The van der Waals surface area contributed by atoms with Gasteiger partial charge in [0.1, 0.15) is 23.0 Å². The van der Waals surface area contributed by atoms with E-state index in [4.69, 9.17) is 9.15 Å². The van der Waals surface area contributed by atoms with Crippen LogP contribution in [0, 0.1) is 13.8 Å². The SMILES string of the molecule is CCOC(=O)c1c(C)oc2nc(C)nc(N3CCC(c4ccccc4)C3)c12. The van der Waals surface area contributed by atoms with Crippen molar-refractivity contribution >= 4 is 22.9 Å². The molecule has 3 aromatic rings. The van der Waals surface area contributed by atoms with E-state index in [-0.39, 0.29) is 5.97 Å². The summed E-state index contributed by atoms with van der Waals surface area (Å²) in [4.78, 5) is 23.8. The zero-order valence-corrected chi connectivity index (χ0v) is 15.9. The number of carbonyl (C=O) groups is 1. The number of hydrogen-bond donors (Lipinski definition) is 0. The maximum Gasteiger partial charge on any atom is 0.342 e. The Labute approximate surface area is 158 Å². The van der Waals surface area contributed by atoms with Gasteiger partial charge in [-0.1, -0.05) is 30.3 Å². The molecule has 1 saturated heterocycles. The van der Waals surface area contributed by atoms with Crippen molar-refractivity contribution in [2.45, 2.75) is 33.1 Å². The van der Waals surface area contributed by atoms with Gasteiger partial charge in [0.05, 0.1) is 12.0 Å². The second-order valence-corrected chi connectivity index (χ2v) is 6.87. The molecule has 1 unspecified atom stereocenters. The topological polar surface area (TPSA) is 68.5 Å². The van der Waals surface area contributed by atoms with Crippen molar-refractivity contribution in [3.63, 3.8) is 0 Å². The highest BCUT2D eigenvalue weighted by atomic mass is 16.5. The molecule has 0 bridgehead atoms. The van der Waals surface area contributed by atoms with Crippen molar-refractivity contribution in [1.29, 1.82) is 0 Å². The Morgan fingerprint density at radius 2 is 2.04 bits per heavy atom. The number of furan rings is 1. The van der Waals surface area contributed by atoms with Crippen LogP contribution in [0.5, 0.6) is 0 Å². The highest BCUT2D eigenvalue weighted by Gasteiger charge is 2.31. The molecule has 0 spiro atoms. The lowest BCUT2D eigenvalue weighted by atomic mass is 9.99. The summed E-state index contributed by atoms with van der Waals surface area (Å²) in [6.07, 6.45) is 1.04. The molecule has 1 aliphatic rings. The number of aromatic nitrogens is 2. The lowest BCUT2D eigenvalue weighted by Gasteiger charge is -2.19. The summed E-state index contributed by atoms with van der Waals surface area (Å²) in [7, 11) is 0. The van der Waals surface area contributed by atoms with E-state index < -0.39 is 0 Å². The molecule has 1 aliphatic heterocycles. The Hall–Kier alpha value is -2.89. The summed E-state index contributed by atoms with van der Waals surface area (Å²) in [5.41, 5.74) is 2.21. The molecular formula is C21H23N3O3. The van der Waals surface area contributed by atoms with Gasteiger partial charge in [0, 0.05) is 19.0 Å². The molecule has 0 amide bonds. The second kappa shape index (κ2) is 7.02. The Balaban J connectivity index is 1.76. The van der Waals surface area contributed by atoms with E-state index in [2.05, 4.69) is 39.1 Å². The third kappa shape index (κ3) is 3.16. The van der Waals surface area contributed by atoms with Crippen LogP contribution >= 0.6 is 0 Å². The molecule has 1 atom stereocenters. The van der Waals surface area contributed by atoms with Gasteiger partial charge in [-0.15, -0.1) is 0 Å².